The Morgan fingerprint density at radius 3 is 2.70 bits per heavy atom. The van der Waals surface area contributed by atoms with Crippen LogP contribution < -0.4 is 10.1 Å². The smallest absolute Gasteiger partial charge is 0.253 e. The lowest BCUT2D eigenvalue weighted by Crippen LogP contribution is -2.35. The van der Waals surface area contributed by atoms with Crippen LogP contribution in [0.4, 0.5) is 0 Å². The fourth-order valence-electron chi connectivity index (χ4n) is 3.31. The van der Waals surface area contributed by atoms with Crippen LogP contribution in [0.2, 0.25) is 0 Å². The Balaban J connectivity index is 1.39. The van der Waals surface area contributed by atoms with Crippen molar-refractivity contribution in [3.63, 3.8) is 0 Å². The molecule has 156 valence electrons. The summed E-state index contributed by atoms with van der Waals surface area (Å²) in [5.74, 6) is 0.759. The number of nitrogens with zero attached hydrogens (tertiary/aromatic N) is 2. The molecule has 1 aliphatic heterocycles. The molecule has 1 aliphatic rings. The molecule has 0 saturated carbocycles. The van der Waals surface area contributed by atoms with Crippen molar-refractivity contribution in [2.24, 2.45) is 0 Å². The molecule has 1 N–H and O–H groups in total. The summed E-state index contributed by atoms with van der Waals surface area (Å²) in [5.41, 5.74) is 2.82. The molecular weight excluding hydrogens is 406 g/mol. The molecule has 3 heterocycles. The Hall–Kier alpha value is -3.20. The first-order valence-corrected chi connectivity index (χ1v) is 11.3. The molecule has 30 heavy (non-hydrogen) atoms. The van der Waals surface area contributed by atoms with E-state index < -0.39 is 9.84 Å². The maximum absolute atomic E-state index is 12.3. The van der Waals surface area contributed by atoms with Gasteiger partial charge in [-0.1, -0.05) is 35.5 Å². The van der Waals surface area contributed by atoms with Gasteiger partial charge in [0, 0.05) is 23.9 Å². The van der Waals surface area contributed by atoms with Gasteiger partial charge < -0.3 is 14.6 Å². The zero-order valence-electron chi connectivity index (χ0n) is 16.4. The number of sulfone groups is 1. The Labute approximate surface area is 174 Å². The predicted molar refractivity (Wildman–Crippen MR) is 110 cm³/mol. The average molecular weight is 427 g/mol. The molecule has 4 rings (SSSR count). The number of amides is 1. The van der Waals surface area contributed by atoms with Gasteiger partial charge in [0.15, 0.2) is 9.84 Å². The van der Waals surface area contributed by atoms with Gasteiger partial charge in [0.2, 0.25) is 5.88 Å². The number of rotatable bonds is 6. The molecule has 0 spiro atoms. The molecule has 1 fully saturated rings. The van der Waals surface area contributed by atoms with E-state index in [0.29, 0.717) is 23.6 Å². The fourth-order valence-corrected chi connectivity index (χ4v) is 4.98. The summed E-state index contributed by atoms with van der Waals surface area (Å²) >= 11 is 0. The van der Waals surface area contributed by atoms with Crippen LogP contribution in [-0.4, -0.2) is 42.0 Å². The van der Waals surface area contributed by atoms with Crippen molar-refractivity contribution in [3.05, 3.63) is 65.5 Å². The van der Waals surface area contributed by atoms with E-state index in [2.05, 4.69) is 15.5 Å². The summed E-state index contributed by atoms with van der Waals surface area (Å²) in [7, 11) is -3.05. The second-order valence-electron chi connectivity index (χ2n) is 7.18. The standard InChI is InChI=1S/C21H21N3O5S/c1-14-18(20(24-29-14)15-5-3-2-4-6-15)12-28-19-8-7-16(11-22-19)21(25)23-17-9-10-30(26,27)13-17/h2-8,11,17H,9-10,12-13H2,1H3,(H,23,25). The number of benzene rings is 1. The lowest BCUT2D eigenvalue weighted by atomic mass is 10.1. The van der Waals surface area contributed by atoms with Gasteiger partial charge >= 0.3 is 0 Å². The molecular formula is C21H21N3O5S. The number of nitrogens with one attached hydrogen (secondary N) is 1. The lowest BCUT2D eigenvalue weighted by molar-refractivity contribution is 0.0940. The molecule has 0 radical (unpaired) electrons. The predicted octanol–water partition coefficient (Wildman–Crippen LogP) is 2.54. The van der Waals surface area contributed by atoms with Crippen LogP contribution in [0, 0.1) is 6.92 Å². The molecule has 1 atom stereocenters. The van der Waals surface area contributed by atoms with E-state index in [-0.39, 0.29) is 30.1 Å². The molecule has 3 aromatic rings. The van der Waals surface area contributed by atoms with Gasteiger partial charge in [-0.3, -0.25) is 4.79 Å². The number of aryl methyl sites for hydroxylation is 1. The first kappa shape index (κ1) is 20.1. The minimum absolute atomic E-state index is 0.0187. The first-order valence-electron chi connectivity index (χ1n) is 9.52. The molecule has 0 aliphatic carbocycles. The zero-order chi connectivity index (χ0) is 21.1. The van der Waals surface area contributed by atoms with Crippen LogP contribution in [0.25, 0.3) is 11.3 Å². The highest BCUT2D eigenvalue weighted by Crippen LogP contribution is 2.26. The highest BCUT2D eigenvalue weighted by Gasteiger charge is 2.29. The number of carbonyl (C=O) groups is 1. The van der Waals surface area contributed by atoms with Crippen LogP contribution in [0.5, 0.6) is 5.88 Å². The molecule has 1 unspecified atom stereocenters. The Kier molecular flexibility index (Phi) is 5.54. The van der Waals surface area contributed by atoms with E-state index >= 15 is 0 Å². The second-order valence-corrected chi connectivity index (χ2v) is 9.41. The Morgan fingerprint density at radius 1 is 1.23 bits per heavy atom. The molecule has 8 nitrogen and oxygen atoms in total. The van der Waals surface area contributed by atoms with E-state index in [0.717, 1.165) is 16.8 Å². The largest absolute Gasteiger partial charge is 0.473 e. The van der Waals surface area contributed by atoms with Gasteiger partial charge in [0.25, 0.3) is 5.91 Å². The normalized spacial score (nSPS) is 17.6. The van der Waals surface area contributed by atoms with Crippen molar-refractivity contribution >= 4 is 15.7 Å². The van der Waals surface area contributed by atoms with E-state index in [1.54, 1.807) is 12.1 Å². The first-order chi connectivity index (χ1) is 14.4. The molecule has 0 bridgehead atoms. The van der Waals surface area contributed by atoms with Gasteiger partial charge in [-0.05, 0) is 19.4 Å². The van der Waals surface area contributed by atoms with Crippen molar-refractivity contribution in [2.75, 3.05) is 11.5 Å². The lowest BCUT2D eigenvalue weighted by Gasteiger charge is -2.11. The number of aromatic nitrogens is 2. The van der Waals surface area contributed by atoms with Crippen LogP contribution in [0.3, 0.4) is 0 Å². The Morgan fingerprint density at radius 2 is 2.03 bits per heavy atom. The molecule has 1 aromatic carbocycles. The van der Waals surface area contributed by atoms with Gasteiger partial charge in [-0.15, -0.1) is 0 Å². The third-order valence-corrected chi connectivity index (χ3v) is 6.73. The van der Waals surface area contributed by atoms with E-state index in [9.17, 15) is 13.2 Å². The topological polar surface area (TPSA) is 111 Å². The van der Waals surface area contributed by atoms with Crippen LogP contribution >= 0.6 is 0 Å². The Bertz CT molecular complexity index is 1140. The number of ether oxygens (including phenoxy) is 1. The van der Waals surface area contributed by atoms with Gasteiger partial charge in [0.05, 0.1) is 22.6 Å². The molecule has 9 heteroatoms. The molecule has 1 amide bonds. The summed E-state index contributed by atoms with van der Waals surface area (Å²) in [4.78, 5) is 16.5. The summed E-state index contributed by atoms with van der Waals surface area (Å²) in [6.45, 7) is 2.04. The van der Waals surface area contributed by atoms with Gasteiger partial charge in [-0.25, -0.2) is 13.4 Å². The highest BCUT2D eigenvalue weighted by atomic mass is 32.2. The van der Waals surface area contributed by atoms with Crippen molar-refractivity contribution < 1.29 is 22.5 Å². The zero-order valence-corrected chi connectivity index (χ0v) is 17.2. The minimum Gasteiger partial charge on any atom is -0.473 e. The van der Waals surface area contributed by atoms with Crippen molar-refractivity contribution in [2.45, 2.75) is 26.0 Å². The third kappa shape index (κ3) is 4.51. The second kappa shape index (κ2) is 8.27. The maximum atomic E-state index is 12.3. The number of hydrogen-bond donors (Lipinski definition) is 1. The third-order valence-electron chi connectivity index (χ3n) is 4.96. The number of pyridine rings is 1. The van der Waals surface area contributed by atoms with Crippen LogP contribution in [-0.2, 0) is 16.4 Å². The van der Waals surface area contributed by atoms with Crippen molar-refractivity contribution in [1.82, 2.24) is 15.5 Å². The van der Waals surface area contributed by atoms with Gasteiger partial charge in [-0.2, -0.15) is 0 Å². The monoisotopic (exact) mass is 427 g/mol. The number of carbonyl (C=O) groups excluding carboxylic acids is 1. The van der Waals surface area contributed by atoms with E-state index in [1.807, 2.05) is 37.3 Å². The number of hydrogen-bond acceptors (Lipinski definition) is 7. The van der Waals surface area contributed by atoms with Crippen LogP contribution in [0.15, 0.2) is 53.2 Å². The summed E-state index contributed by atoms with van der Waals surface area (Å²) < 4.78 is 34.1. The van der Waals surface area contributed by atoms with E-state index in [1.165, 1.54) is 6.20 Å². The summed E-state index contributed by atoms with van der Waals surface area (Å²) in [5, 5.41) is 6.86. The molecule has 1 saturated heterocycles. The molecule has 2 aromatic heterocycles. The fraction of sp³-hybridized carbons (Fsp3) is 0.286. The average Bonchev–Trinajstić information content (AvgIpc) is 3.28. The van der Waals surface area contributed by atoms with Gasteiger partial charge in [0.1, 0.15) is 18.1 Å². The summed E-state index contributed by atoms with van der Waals surface area (Å²) in [6.07, 6.45) is 1.84. The SMILES string of the molecule is Cc1onc(-c2ccccc2)c1COc1ccc(C(=O)NC2CCS(=O)(=O)C2)cn1. The van der Waals surface area contributed by atoms with Crippen molar-refractivity contribution in [3.8, 4) is 17.1 Å². The van der Waals surface area contributed by atoms with Crippen molar-refractivity contribution in [1.29, 1.82) is 0 Å². The van der Waals surface area contributed by atoms with Crippen LogP contribution in [0.1, 0.15) is 28.1 Å². The van der Waals surface area contributed by atoms with E-state index in [4.69, 9.17) is 9.26 Å². The maximum Gasteiger partial charge on any atom is 0.253 e. The minimum atomic E-state index is -3.05. The summed E-state index contributed by atoms with van der Waals surface area (Å²) in [6, 6.07) is 12.5. The quantitative estimate of drug-likeness (QED) is 0.643. The highest BCUT2D eigenvalue weighted by molar-refractivity contribution is 7.91.